The fourth-order valence-corrected chi connectivity index (χ4v) is 4.02. The summed E-state index contributed by atoms with van der Waals surface area (Å²) in [4.78, 5) is 14.3. The molecule has 1 fully saturated rings. The van der Waals surface area contributed by atoms with E-state index in [1.54, 1.807) is 24.3 Å². The molecule has 0 unspecified atom stereocenters. The lowest BCUT2D eigenvalue weighted by atomic mass is 10.1. The van der Waals surface area contributed by atoms with E-state index in [2.05, 4.69) is 17.3 Å². The quantitative estimate of drug-likeness (QED) is 0.777. The molecular weight excluding hydrogens is 362 g/mol. The monoisotopic (exact) mass is 387 g/mol. The molecule has 0 saturated carbocycles. The average molecular weight is 388 g/mol. The molecule has 1 saturated heterocycles. The Kier molecular flexibility index (Phi) is 7.10. The molecule has 1 aromatic rings. The molecule has 1 heterocycles. The van der Waals surface area contributed by atoms with E-state index in [0.717, 1.165) is 25.9 Å². The summed E-state index contributed by atoms with van der Waals surface area (Å²) in [6.45, 7) is 2.24. The van der Waals surface area contributed by atoms with E-state index in [9.17, 15) is 13.2 Å². The normalized spacial score (nSPS) is 16.6. The number of benzene rings is 1. The summed E-state index contributed by atoms with van der Waals surface area (Å²) in [5.41, 5.74) is 0.558. The van der Waals surface area contributed by atoms with Crippen molar-refractivity contribution in [1.29, 1.82) is 0 Å². The smallest absolute Gasteiger partial charge is 0.232 e. The van der Waals surface area contributed by atoms with E-state index < -0.39 is 10.0 Å². The fourth-order valence-electron chi connectivity index (χ4n) is 2.93. The van der Waals surface area contributed by atoms with Crippen LogP contribution in [0.3, 0.4) is 0 Å². The van der Waals surface area contributed by atoms with Crippen molar-refractivity contribution in [2.45, 2.75) is 31.7 Å². The zero-order valence-corrected chi connectivity index (χ0v) is 16.3. The van der Waals surface area contributed by atoms with E-state index >= 15 is 0 Å². The number of sulfonamides is 1. The Labute approximate surface area is 155 Å². The molecule has 1 aromatic carbocycles. The average Bonchev–Trinajstić information content (AvgIpc) is 2.54. The molecule has 0 aromatic heterocycles. The van der Waals surface area contributed by atoms with Crippen LogP contribution in [0.2, 0.25) is 5.02 Å². The van der Waals surface area contributed by atoms with Crippen molar-refractivity contribution < 1.29 is 13.2 Å². The maximum absolute atomic E-state index is 12.1. The number of carbonyl (C=O) groups is 1. The van der Waals surface area contributed by atoms with Gasteiger partial charge in [-0.05, 0) is 63.7 Å². The van der Waals surface area contributed by atoms with Crippen LogP contribution in [0.1, 0.15) is 25.7 Å². The summed E-state index contributed by atoms with van der Waals surface area (Å²) in [5.74, 6) is -0.0147. The number of halogens is 1. The molecule has 0 radical (unpaired) electrons. The van der Waals surface area contributed by atoms with Gasteiger partial charge in [-0.15, -0.1) is 0 Å². The summed E-state index contributed by atoms with van der Waals surface area (Å²) in [5, 5.41) is 3.60. The van der Waals surface area contributed by atoms with Crippen LogP contribution in [-0.4, -0.2) is 58.2 Å². The maximum atomic E-state index is 12.1. The van der Waals surface area contributed by atoms with Gasteiger partial charge in [0.25, 0.3) is 0 Å². The number of amides is 1. The van der Waals surface area contributed by atoms with Gasteiger partial charge in [0.05, 0.1) is 11.9 Å². The van der Waals surface area contributed by atoms with Crippen molar-refractivity contribution in [2.75, 3.05) is 37.2 Å². The molecule has 8 heteroatoms. The fraction of sp³-hybridized carbons (Fsp3) is 0.588. The second-order valence-electron chi connectivity index (χ2n) is 6.56. The third-order valence-electron chi connectivity index (χ3n) is 4.36. The van der Waals surface area contributed by atoms with Crippen LogP contribution >= 0.6 is 11.6 Å². The number of anilines is 1. The lowest BCUT2D eigenvalue weighted by Gasteiger charge is -2.29. The largest absolute Gasteiger partial charge is 0.353 e. The Morgan fingerprint density at radius 3 is 2.44 bits per heavy atom. The predicted molar refractivity (Wildman–Crippen MR) is 102 cm³/mol. The zero-order valence-electron chi connectivity index (χ0n) is 14.7. The molecule has 1 N–H and O–H groups in total. The second-order valence-corrected chi connectivity index (χ2v) is 8.90. The second kappa shape index (κ2) is 8.87. The summed E-state index contributed by atoms with van der Waals surface area (Å²) >= 11 is 5.85. The summed E-state index contributed by atoms with van der Waals surface area (Å²) in [6, 6.07) is 6.87. The van der Waals surface area contributed by atoms with Gasteiger partial charge in [-0.2, -0.15) is 0 Å². The van der Waals surface area contributed by atoms with Crippen molar-refractivity contribution in [1.82, 2.24) is 10.2 Å². The van der Waals surface area contributed by atoms with Gasteiger partial charge in [-0.1, -0.05) is 11.6 Å². The van der Waals surface area contributed by atoms with Crippen LogP contribution in [0, 0.1) is 0 Å². The molecule has 1 aliphatic rings. The van der Waals surface area contributed by atoms with E-state index in [1.807, 2.05) is 0 Å². The third-order valence-corrected chi connectivity index (χ3v) is 5.81. The third kappa shape index (κ3) is 6.49. The summed E-state index contributed by atoms with van der Waals surface area (Å²) in [6.07, 6.45) is 3.87. The lowest BCUT2D eigenvalue weighted by Crippen LogP contribution is -2.43. The minimum Gasteiger partial charge on any atom is -0.353 e. The van der Waals surface area contributed by atoms with Gasteiger partial charge in [-0.3, -0.25) is 9.10 Å². The van der Waals surface area contributed by atoms with Crippen molar-refractivity contribution in [3.63, 3.8) is 0 Å². The van der Waals surface area contributed by atoms with Crippen molar-refractivity contribution in [3.8, 4) is 0 Å². The van der Waals surface area contributed by atoms with Crippen molar-refractivity contribution in [2.24, 2.45) is 0 Å². The van der Waals surface area contributed by atoms with Crippen molar-refractivity contribution >= 4 is 33.2 Å². The number of hydrogen-bond donors (Lipinski definition) is 1. The van der Waals surface area contributed by atoms with Gasteiger partial charge in [0.2, 0.25) is 15.9 Å². The van der Waals surface area contributed by atoms with Crippen LogP contribution in [0.4, 0.5) is 5.69 Å². The van der Waals surface area contributed by atoms with E-state index in [4.69, 9.17) is 11.6 Å². The highest BCUT2D eigenvalue weighted by molar-refractivity contribution is 7.92. The van der Waals surface area contributed by atoms with Crippen molar-refractivity contribution in [3.05, 3.63) is 29.3 Å². The number of piperidine rings is 1. The van der Waals surface area contributed by atoms with Gasteiger partial charge in [-0.25, -0.2) is 8.42 Å². The van der Waals surface area contributed by atoms with Crippen LogP contribution < -0.4 is 9.62 Å². The zero-order chi connectivity index (χ0) is 18.4. The summed E-state index contributed by atoms with van der Waals surface area (Å²) in [7, 11) is -1.33. The number of nitrogens with zero attached hydrogens (tertiary/aromatic N) is 2. The van der Waals surface area contributed by atoms with Gasteiger partial charge in [0, 0.05) is 24.0 Å². The first-order valence-corrected chi connectivity index (χ1v) is 10.7. The predicted octanol–water partition coefficient (Wildman–Crippen LogP) is 2.10. The molecule has 0 bridgehead atoms. The Balaban J connectivity index is 1.84. The molecule has 6 nitrogen and oxygen atoms in total. The first-order valence-electron chi connectivity index (χ1n) is 8.47. The van der Waals surface area contributed by atoms with E-state index in [1.165, 1.54) is 10.6 Å². The van der Waals surface area contributed by atoms with Gasteiger partial charge in [0.15, 0.2) is 0 Å². The minimum absolute atomic E-state index is 0.0147. The number of nitrogens with one attached hydrogen (secondary N) is 1. The van der Waals surface area contributed by atoms with Gasteiger partial charge < -0.3 is 10.2 Å². The Hall–Kier alpha value is -1.31. The molecule has 140 valence electrons. The van der Waals surface area contributed by atoms with Crippen LogP contribution in [0.15, 0.2) is 24.3 Å². The number of carbonyl (C=O) groups excluding carboxylic acids is 1. The molecule has 0 spiro atoms. The molecule has 2 rings (SSSR count). The first kappa shape index (κ1) is 20.0. The number of hydrogen-bond acceptors (Lipinski definition) is 4. The number of rotatable bonds is 7. The molecule has 0 atom stereocenters. The topological polar surface area (TPSA) is 69.7 Å². The highest BCUT2D eigenvalue weighted by atomic mass is 35.5. The Morgan fingerprint density at radius 1 is 1.28 bits per heavy atom. The lowest BCUT2D eigenvalue weighted by molar-refractivity contribution is -0.122. The Morgan fingerprint density at radius 2 is 1.88 bits per heavy atom. The van der Waals surface area contributed by atoms with Gasteiger partial charge >= 0.3 is 0 Å². The molecular formula is C17H26ClN3O3S. The standard InChI is InChI=1S/C17H26ClN3O3S/c1-20-12-9-15(10-13-20)19-17(22)4-3-11-21(25(2,23)24)16-7-5-14(18)6-8-16/h5-8,15H,3-4,9-13H2,1-2H3,(H,19,22). The maximum Gasteiger partial charge on any atom is 0.232 e. The van der Waals surface area contributed by atoms with Crippen LogP contribution in [-0.2, 0) is 14.8 Å². The molecule has 25 heavy (non-hydrogen) atoms. The highest BCUT2D eigenvalue weighted by Gasteiger charge is 2.20. The first-order chi connectivity index (χ1) is 11.8. The van der Waals surface area contributed by atoms with E-state index in [0.29, 0.717) is 23.6 Å². The SMILES string of the molecule is CN1CCC(NC(=O)CCCN(c2ccc(Cl)cc2)S(C)(=O)=O)CC1. The number of likely N-dealkylation sites (tertiary alicyclic amines) is 1. The molecule has 1 amide bonds. The Bertz CT molecular complexity index is 671. The van der Waals surface area contributed by atoms with Crippen LogP contribution in [0.25, 0.3) is 0 Å². The van der Waals surface area contributed by atoms with Crippen LogP contribution in [0.5, 0.6) is 0 Å². The van der Waals surface area contributed by atoms with E-state index in [-0.39, 0.29) is 18.5 Å². The highest BCUT2D eigenvalue weighted by Crippen LogP contribution is 2.21. The van der Waals surface area contributed by atoms with Gasteiger partial charge in [0.1, 0.15) is 0 Å². The minimum atomic E-state index is -3.41. The molecule has 0 aliphatic carbocycles. The molecule has 1 aliphatic heterocycles. The summed E-state index contributed by atoms with van der Waals surface area (Å²) < 4.78 is 25.4.